The molecule has 8 rings (SSSR count). The van der Waals surface area contributed by atoms with Gasteiger partial charge in [0.05, 0.1) is 31.3 Å². The van der Waals surface area contributed by atoms with Crippen molar-refractivity contribution >= 4 is 5.97 Å². The molecule has 5 saturated carbocycles. The minimum atomic E-state index is -1.80. The predicted molar refractivity (Wildman–Crippen MR) is 230 cm³/mol. The number of ether oxygens (including phenoxy) is 6. The van der Waals surface area contributed by atoms with Gasteiger partial charge >= 0.3 is 5.97 Å². The topological polar surface area (TPSA) is 295 Å². The quantitative estimate of drug-likeness (QED) is 0.0781. The SMILES string of the molecule is C=C(C)C1CCC2(C(=O)OC3OC(COC4OC(CO)C(O)C(O)C4O)C(O)C(O)C3O)CCC3(C)C(CCC4C5(C)CCC(OC6OC(CO)C(O)C(O)C6O)C(C)(C)C5CCC43C)C12. The van der Waals surface area contributed by atoms with Gasteiger partial charge in [0, 0.05) is 0 Å². The fourth-order valence-electron chi connectivity index (χ4n) is 15.8. The lowest BCUT2D eigenvalue weighted by Crippen LogP contribution is -2.68. The first-order valence-electron chi connectivity index (χ1n) is 24.4. The Morgan fingerprint density at radius 2 is 1.15 bits per heavy atom. The van der Waals surface area contributed by atoms with Crippen molar-refractivity contribution < 1.29 is 89.4 Å². The first-order chi connectivity index (χ1) is 30.9. The zero-order valence-corrected chi connectivity index (χ0v) is 39.3. The van der Waals surface area contributed by atoms with Gasteiger partial charge in [-0.2, -0.15) is 0 Å². The van der Waals surface area contributed by atoms with Crippen molar-refractivity contribution in [1.29, 1.82) is 0 Å². The molecule has 5 aliphatic carbocycles. The van der Waals surface area contributed by atoms with E-state index in [0.29, 0.717) is 25.2 Å². The Kier molecular flexibility index (Phi) is 14.1. The second kappa shape index (κ2) is 18.3. The summed E-state index contributed by atoms with van der Waals surface area (Å²) in [5.41, 5.74) is -0.631. The summed E-state index contributed by atoms with van der Waals surface area (Å²) in [5, 5.41) is 115. The largest absolute Gasteiger partial charge is 0.432 e. The fraction of sp³-hybridized carbons (Fsp3) is 0.938. The summed E-state index contributed by atoms with van der Waals surface area (Å²) in [4.78, 5) is 15.0. The average molecular weight is 943 g/mol. The van der Waals surface area contributed by atoms with Crippen LogP contribution in [-0.2, 0) is 33.2 Å². The molecular formula is C48H78O18. The molecule has 3 aliphatic heterocycles. The molecule has 18 heteroatoms. The van der Waals surface area contributed by atoms with Crippen LogP contribution in [0.4, 0.5) is 0 Å². The standard InChI is InChI=1S/C48H78O18/c1-21(2)22-10-15-48(43(60)66-42-39(59)36(56)33(53)26(64-42)20-61-40-37(57)34(54)31(51)24(18-49)62-40)17-16-46(6)23(30(22)48)8-9-28-45(5)13-12-29(44(3,4)27(45)11-14-47(28,46)7)65-41-38(58)35(55)32(52)25(19-50)63-41/h22-42,49-59H,1,8-20H2,2-7H3. The van der Waals surface area contributed by atoms with Crippen molar-refractivity contribution in [2.45, 2.75) is 204 Å². The summed E-state index contributed by atoms with van der Waals surface area (Å²) in [6, 6.07) is 0. The lowest BCUT2D eigenvalue weighted by Gasteiger charge is -2.73. The second-order valence-electron chi connectivity index (χ2n) is 23.0. The summed E-state index contributed by atoms with van der Waals surface area (Å²) in [6.07, 6.45) is -15.4. The van der Waals surface area contributed by atoms with Crippen LogP contribution in [0, 0.1) is 56.7 Å². The Balaban J connectivity index is 0.993. The van der Waals surface area contributed by atoms with E-state index in [0.717, 1.165) is 50.5 Å². The van der Waals surface area contributed by atoms with Gasteiger partial charge in [-0.15, -0.1) is 0 Å². The normalized spacial score (nSPS) is 54.6. The molecule has 18 nitrogen and oxygen atoms in total. The highest BCUT2D eigenvalue weighted by atomic mass is 16.7. The lowest BCUT2D eigenvalue weighted by molar-refractivity contribution is -0.332. The van der Waals surface area contributed by atoms with Crippen molar-refractivity contribution in [3.8, 4) is 0 Å². The molecule has 11 N–H and O–H groups in total. The van der Waals surface area contributed by atoms with Crippen LogP contribution < -0.4 is 0 Å². The number of fused-ring (bicyclic) bond motifs is 7. The van der Waals surface area contributed by atoms with Gasteiger partial charge < -0.3 is 84.6 Å². The second-order valence-corrected chi connectivity index (χ2v) is 23.0. The van der Waals surface area contributed by atoms with E-state index in [1.165, 1.54) is 0 Å². The van der Waals surface area contributed by atoms with E-state index >= 15 is 0 Å². The van der Waals surface area contributed by atoms with Crippen molar-refractivity contribution in [3.05, 3.63) is 12.2 Å². The lowest BCUT2D eigenvalue weighted by atomic mass is 9.32. The first-order valence-corrected chi connectivity index (χ1v) is 24.4. The first kappa shape index (κ1) is 50.9. The highest BCUT2D eigenvalue weighted by molar-refractivity contribution is 5.78. The third-order valence-corrected chi connectivity index (χ3v) is 19.7. The number of allylic oxidation sites excluding steroid dienone is 1. The Labute approximate surface area is 387 Å². The third-order valence-electron chi connectivity index (χ3n) is 19.7. The fourth-order valence-corrected chi connectivity index (χ4v) is 15.8. The monoisotopic (exact) mass is 943 g/mol. The molecule has 25 unspecified atom stereocenters. The van der Waals surface area contributed by atoms with E-state index in [-0.39, 0.29) is 51.4 Å². The van der Waals surface area contributed by atoms with E-state index in [2.05, 4.69) is 41.2 Å². The summed E-state index contributed by atoms with van der Waals surface area (Å²) in [6.45, 7) is 16.5. The number of hydrogen-bond acceptors (Lipinski definition) is 18. The van der Waals surface area contributed by atoms with Crippen LogP contribution in [0.15, 0.2) is 12.2 Å². The number of aliphatic hydroxyl groups excluding tert-OH is 11. The maximum atomic E-state index is 15.0. The van der Waals surface area contributed by atoms with E-state index in [9.17, 15) is 61.0 Å². The highest BCUT2D eigenvalue weighted by Crippen LogP contribution is 2.78. The molecule has 0 aromatic carbocycles. The molecule has 0 spiro atoms. The molecule has 8 aliphatic rings. The molecule has 0 bridgehead atoms. The van der Waals surface area contributed by atoms with Gasteiger partial charge in [0.1, 0.15) is 73.2 Å². The van der Waals surface area contributed by atoms with Gasteiger partial charge in [-0.1, -0.05) is 46.8 Å². The van der Waals surface area contributed by atoms with Gasteiger partial charge in [-0.25, -0.2) is 0 Å². The van der Waals surface area contributed by atoms with Gasteiger partial charge in [0.25, 0.3) is 0 Å². The molecule has 25 atom stereocenters. The molecule has 66 heavy (non-hydrogen) atoms. The maximum Gasteiger partial charge on any atom is 0.314 e. The third kappa shape index (κ3) is 7.78. The van der Waals surface area contributed by atoms with E-state index < -0.39 is 123 Å². The summed E-state index contributed by atoms with van der Waals surface area (Å²) < 4.78 is 35.4. The van der Waals surface area contributed by atoms with Crippen LogP contribution in [0.3, 0.4) is 0 Å². The molecule has 3 heterocycles. The van der Waals surface area contributed by atoms with E-state index in [1.807, 2.05) is 6.92 Å². The van der Waals surface area contributed by atoms with Crippen LogP contribution in [0.1, 0.15) is 106 Å². The van der Waals surface area contributed by atoms with Crippen LogP contribution in [-0.4, -0.2) is 180 Å². The van der Waals surface area contributed by atoms with Crippen molar-refractivity contribution in [2.75, 3.05) is 19.8 Å². The Morgan fingerprint density at radius 3 is 1.76 bits per heavy atom. The molecule has 0 radical (unpaired) electrons. The van der Waals surface area contributed by atoms with Gasteiger partial charge in [-0.05, 0) is 122 Å². The van der Waals surface area contributed by atoms with Crippen LogP contribution in [0.2, 0.25) is 0 Å². The number of carbonyl (C=O) groups is 1. The molecule has 0 aromatic rings. The average Bonchev–Trinajstić information content (AvgIpc) is 3.68. The zero-order valence-electron chi connectivity index (χ0n) is 39.3. The van der Waals surface area contributed by atoms with Crippen molar-refractivity contribution in [1.82, 2.24) is 0 Å². The molecule has 8 fully saturated rings. The molecule has 378 valence electrons. The summed E-state index contributed by atoms with van der Waals surface area (Å²) >= 11 is 0. The van der Waals surface area contributed by atoms with Gasteiger partial charge in [0.15, 0.2) is 12.6 Å². The van der Waals surface area contributed by atoms with E-state index in [4.69, 9.17) is 28.4 Å². The molecule has 3 saturated heterocycles. The number of rotatable bonds is 10. The number of esters is 1. The zero-order chi connectivity index (χ0) is 48.2. The Bertz CT molecular complexity index is 1760. The summed E-state index contributed by atoms with van der Waals surface area (Å²) in [5.74, 6) is 0.107. The number of hydrogen-bond donors (Lipinski definition) is 11. The predicted octanol–water partition coefficient (Wildman–Crippen LogP) is -0.00360. The van der Waals surface area contributed by atoms with Crippen molar-refractivity contribution in [2.24, 2.45) is 56.7 Å². The Hall–Kier alpha value is -1.43. The van der Waals surface area contributed by atoms with Gasteiger partial charge in [0.2, 0.25) is 6.29 Å². The summed E-state index contributed by atoms with van der Waals surface area (Å²) in [7, 11) is 0. The molecular weight excluding hydrogens is 865 g/mol. The Morgan fingerprint density at radius 1 is 0.591 bits per heavy atom. The number of aliphatic hydroxyl groups is 11. The van der Waals surface area contributed by atoms with Crippen LogP contribution in [0.25, 0.3) is 0 Å². The van der Waals surface area contributed by atoms with Crippen LogP contribution in [0.5, 0.6) is 0 Å². The maximum absolute atomic E-state index is 15.0. The minimum Gasteiger partial charge on any atom is -0.432 e. The molecule has 0 amide bonds. The molecule has 0 aromatic heterocycles. The van der Waals surface area contributed by atoms with Crippen LogP contribution >= 0.6 is 0 Å². The minimum absolute atomic E-state index is 0.0347. The van der Waals surface area contributed by atoms with Crippen molar-refractivity contribution in [3.63, 3.8) is 0 Å². The number of carbonyl (C=O) groups excluding carboxylic acids is 1. The van der Waals surface area contributed by atoms with E-state index in [1.54, 1.807) is 0 Å². The van der Waals surface area contributed by atoms with Gasteiger partial charge in [-0.3, -0.25) is 4.79 Å². The highest BCUT2D eigenvalue weighted by Gasteiger charge is 2.73. The smallest absolute Gasteiger partial charge is 0.314 e.